The van der Waals surface area contributed by atoms with E-state index in [2.05, 4.69) is 6.92 Å². The maximum absolute atomic E-state index is 10.9. The molecule has 0 aromatic rings. The Hall–Kier alpha value is -0.130. The highest BCUT2D eigenvalue weighted by atomic mass is 32.2. The topological polar surface area (TPSA) is 74.6 Å². The second-order valence-electron chi connectivity index (χ2n) is 7.23. The van der Waals surface area contributed by atoms with Crippen LogP contribution in [-0.4, -0.2) is 29.4 Å². The van der Waals surface area contributed by atoms with E-state index in [1.165, 1.54) is 58.3 Å². The Morgan fingerprint density at radius 2 is 1.08 bits per heavy atom. The maximum Gasteiger partial charge on any atom is 0.267 e. The molecule has 2 N–H and O–H groups in total. The van der Waals surface area contributed by atoms with Crippen molar-refractivity contribution in [3.05, 3.63) is 0 Å². The number of aliphatic hydroxyl groups excluding tert-OH is 1. The number of aliphatic hydroxyl groups is 1. The first-order valence-electron chi connectivity index (χ1n) is 10.0. The standard InChI is InChI=1S/C19H40O4S/c1-3-4-5-6-7-8-9-10-13-16-19(20)17-14-11-12-15-18(2)24(21,22)23/h18-20H,3-17H2,1-2H3,(H,21,22,23). The fraction of sp³-hybridized carbons (Fsp3) is 1.00. The minimum Gasteiger partial charge on any atom is -0.393 e. The van der Waals surface area contributed by atoms with E-state index in [0.717, 1.165) is 38.5 Å². The summed E-state index contributed by atoms with van der Waals surface area (Å²) in [4.78, 5) is 0. The Balaban J connectivity index is 3.34. The summed E-state index contributed by atoms with van der Waals surface area (Å²) >= 11 is 0. The van der Waals surface area contributed by atoms with Gasteiger partial charge in [0, 0.05) is 0 Å². The molecular formula is C19H40O4S. The predicted octanol–water partition coefficient (Wildman–Crippen LogP) is 5.50. The van der Waals surface area contributed by atoms with Crippen molar-refractivity contribution in [2.24, 2.45) is 0 Å². The average Bonchev–Trinajstić information content (AvgIpc) is 2.51. The van der Waals surface area contributed by atoms with Crippen molar-refractivity contribution in [3.8, 4) is 0 Å². The molecule has 0 aliphatic carbocycles. The van der Waals surface area contributed by atoms with Crippen LogP contribution in [0.2, 0.25) is 0 Å². The maximum atomic E-state index is 10.9. The Labute approximate surface area is 150 Å². The van der Waals surface area contributed by atoms with Crippen LogP contribution in [0.4, 0.5) is 0 Å². The molecule has 0 aliphatic rings. The van der Waals surface area contributed by atoms with Crippen molar-refractivity contribution in [1.82, 2.24) is 0 Å². The molecule has 4 nitrogen and oxygen atoms in total. The summed E-state index contributed by atoms with van der Waals surface area (Å²) in [6.07, 6.45) is 16.3. The van der Waals surface area contributed by atoms with Crippen molar-refractivity contribution in [1.29, 1.82) is 0 Å². The van der Waals surface area contributed by atoms with Crippen molar-refractivity contribution in [2.45, 2.75) is 122 Å². The molecule has 0 spiro atoms. The fourth-order valence-corrected chi connectivity index (χ4v) is 3.44. The first-order valence-corrected chi connectivity index (χ1v) is 11.5. The third-order valence-electron chi connectivity index (χ3n) is 4.80. The molecule has 0 aromatic carbocycles. The van der Waals surface area contributed by atoms with Crippen LogP contribution in [0.5, 0.6) is 0 Å². The number of hydrogen-bond donors (Lipinski definition) is 2. The zero-order valence-corrected chi connectivity index (χ0v) is 16.7. The lowest BCUT2D eigenvalue weighted by Crippen LogP contribution is -2.16. The third kappa shape index (κ3) is 15.4. The summed E-state index contributed by atoms with van der Waals surface area (Å²) < 4.78 is 30.6. The minimum absolute atomic E-state index is 0.214. The van der Waals surface area contributed by atoms with E-state index < -0.39 is 15.4 Å². The van der Waals surface area contributed by atoms with Crippen LogP contribution < -0.4 is 0 Å². The molecule has 0 radical (unpaired) electrons. The average molecular weight is 365 g/mol. The van der Waals surface area contributed by atoms with E-state index in [-0.39, 0.29) is 6.10 Å². The summed E-state index contributed by atoms with van der Waals surface area (Å²) in [6.45, 7) is 3.78. The van der Waals surface area contributed by atoms with E-state index in [4.69, 9.17) is 4.55 Å². The van der Waals surface area contributed by atoms with Crippen LogP contribution in [0.25, 0.3) is 0 Å². The second kappa shape index (κ2) is 15.2. The molecular weight excluding hydrogens is 324 g/mol. The van der Waals surface area contributed by atoms with Crippen LogP contribution in [0.15, 0.2) is 0 Å². The summed E-state index contributed by atoms with van der Waals surface area (Å²) in [5.74, 6) is 0. The van der Waals surface area contributed by atoms with Gasteiger partial charge in [0.05, 0.1) is 11.4 Å². The highest BCUT2D eigenvalue weighted by Crippen LogP contribution is 2.15. The quantitative estimate of drug-likeness (QED) is 0.264. The van der Waals surface area contributed by atoms with Crippen LogP contribution in [0, 0.1) is 0 Å². The van der Waals surface area contributed by atoms with Gasteiger partial charge in [0.15, 0.2) is 0 Å². The molecule has 0 aromatic heterocycles. The molecule has 0 bridgehead atoms. The van der Waals surface area contributed by atoms with E-state index in [9.17, 15) is 13.5 Å². The summed E-state index contributed by atoms with van der Waals surface area (Å²) in [7, 11) is -3.88. The smallest absolute Gasteiger partial charge is 0.267 e. The van der Waals surface area contributed by atoms with Crippen LogP contribution >= 0.6 is 0 Å². The van der Waals surface area contributed by atoms with E-state index in [0.29, 0.717) is 6.42 Å². The van der Waals surface area contributed by atoms with Gasteiger partial charge in [-0.25, -0.2) is 0 Å². The van der Waals surface area contributed by atoms with Gasteiger partial charge in [-0.1, -0.05) is 84.0 Å². The summed E-state index contributed by atoms with van der Waals surface area (Å²) in [5.41, 5.74) is 0. The van der Waals surface area contributed by atoms with E-state index in [1.807, 2.05) is 0 Å². The molecule has 2 unspecified atom stereocenters. The van der Waals surface area contributed by atoms with Gasteiger partial charge in [0.2, 0.25) is 0 Å². The highest BCUT2D eigenvalue weighted by Gasteiger charge is 2.16. The first kappa shape index (κ1) is 23.9. The van der Waals surface area contributed by atoms with Crippen LogP contribution in [-0.2, 0) is 10.1 Å². The van der Waals surface area contributed by atoms with Crippen molar-refractivity contribution in [2.75, 3.05) is 0 Å². The number of rotatable bonds is 17. The number of hydrogen-bond acceptors (Lipinski definition) is 3. The largest absolute Gasteiger partial charge is 0.393 e. The van der Waals surface area contributed by atoms with Crippen LogP contribution in [0.3, 0.4) is 0 Å². The number of unbranched alkanes of at least 4 members (excludes halogenated alkanes) is 10. The lowest BCUT2D eigenvalue weighted by molar-refractivity contribution is 0.147. The Bertz CT molecular complexity index is 368. The third-order valence-corrected chi connectivity index (χ3v) is 6.05. The Kier molecular flexibility index (Phi) is 15.1. The van der Waals surface area contributed by atoms with Gasteiger partial charge in [0.25, 0.3) is 10.1 Å². The predicted molar refractivity (Wildman–Crippen MR) is 102 cm³/mol. The van der Waals surface area contributed by atoms with Gasteiger partial charge in [0.1, 0.15) is 0 Å². The molecule has 2 atom stereocenters. The van der Waals surface area contributed by atoms with E-state index >= 15 is 0 Å². The monoisotopic (exact) mass is 364 g/mol. The zero-order valence-electron chi connectivity index (χ0n) is 15.9. The lowest BCUT2D eigenvalue weighted by atomic mass is 10.0. The molecule has 146 valence electrons. The first-order chi connectivity index (χ1) is 11.4. The molecule has 0 saturated heterocycles. The van der Waals surface area contributed by atoms with Gasteiger partial charge in [-0.05, 0) is 26.2 Å². The summed E-state index contributed by atoms with van der Waals surface area (Å²) in [5, 5.41) is 9.27. The fourth-order valence-electron chi connectivity index (χ4n) is 2.97. The minimum atomic E-state index is -3.88. The molecule has 0 heterocycles. The van der Waals surface area contributed by atoms with Gasteiger partial charge in [-0.3, -0.25) is 4.55 Å². The zero-order chi connectivity index (χ0) is 18.3. The Morgan fingerprint density at radius 1 is 0.708 bits per heavy atom. The van der Waals surface area contributed by atoms with Gasteiger partial charge in [-0.15, -0.1) is 0 Å². The molecule has 0 aliphatic heterocycles. The molecule has 0 saturated carbocycles. The normalized spacial score (nSPS) is 14.7. The van der Waals surface area contributed by atoms with Crippen LogP contribution in [0.1, 0.15) is 110 Å². The Morgan fingerprint density at radius 3 is 1.54 bits per heavy atom. The molecule has 0 rings (SSSR count). The van der Waals surface area contributed by atoms with Crippen molar-refractivity contribution in [3.63, 3.8) is 0 Å². The highest BCUT2D eigenvalue weighted by molar-refractivity contribution is 7.86. The van der Waals surface area contributed by atoms with Gasteiger partial charge >= 0.3 is 0 Å². The van der Waals surface area contributed by atoms with E-state index in [1.54, 1.807) is 0 Å². The van der Waals surface area contributed by atoms with Gasteiger partial charge in [-0.2, -0.15) is 8.42 Å². The molecule has 0 fully saturated rings. The van der Waals surface area contributed by atoms with Crippen molar-refractivity contribution < 1.29 is 18.1 Å². The second-order valence-corrected chi connectivity index (χ2v) is 9.07. The molecule has 5 heteroatoms. The van der Waals surface area contributed by atoms with Gasteiger partial charge < -0.3 is 5.11 Å². The lowest BCUT2D eigenvalue weighted by Gasteiger charge is -2.11. The van der Waals surface area contributed by atoms with Crippen molar-refractivity contribution >= 4 is 10.1 Å². The molecule has 24 heavy (non-hydrogen) atoms. The SMILES string of the molecule is CCCCCCCCCCCC(O)CCCCCC(C)S(=O)(=O)O. The summed E-state index contributed by atoms with van der Waals surface area (Å²) in [6, 6.07) is 0. The molecule has 0 amide bonds.